The lowest BCUT2D eigenvalue weighted by Gasteiger charge is -2.25. The predicted molar refractivity (Wildman–Crippen MR) is 77.3 cm³/mol. The Labute approximate surface area is 117 Å². The molecule has 0 heterocycles. The van der Waals surface area contributed by atoms with Crippen molar-refractivity contribution in [2.45, 2.75) is 65.1 Å². The van der Waals surface area contributed by atoms with E-state index in [0.29, 0.717) is 13.1 Å². The van der Waals surface area contributed by atoms with Gasteiger partial charge in [0.25, 0.3) is 0 Å². The highest BCUT2D eigenvalue weighted by atomic mass is 16.6. The van der Waals surface area contributed by atoms with Gasteiger partial charge in [-0.3, -0.25) is 0 Å². The second kappa shape index (κ2) is 8.38. The van der Waals surface area contributed by atoms with Crippen LogP contribution < -0.4 is 10.6 Å². The van der Waals surface area contributed by atoms with Crippen LogP contribution in [0.1, 0.15) is 53.9 Å². The van der Waals surface area contributed by atoms with Gasteiger partial charge in [0.1, 0.15) is 5.60 Å². The fourth-order valence-electron chi connectivity index (χ4n) is 1.54. The minimum Gasteiger partial charge on any atom is -0.444 e. The summed E-state index contributed by atoms with van der Waals surface area (Å²) in [6.45, 7) is 11.4. The summed E-state index contributed by atoms with van der Waals surface area (Å²) in [5.74, 6) is 0. The molecular formula is C14H30N2O3. The highest BCUT2D eigenvalue weighted by molar-refractivity contribution is 5.67. The highest BCUT2D eigenvalue weighted by Gasteiger charge is 2.20. The van der Waals surface area contributed by atoms with Crippen molar-refractivity contribution < 1.29 is 14.6 Å². The van der Waals surface area contributed by atoms with Gasteiger partial charge in [-0.2, -0.15) is 0 Å². The molecule has 0 saturated heterocycles. The Morgan fingerprint density at radius 2 is 1.74 bits per heavy atom. The first-order valence-corrected chi connectivity index (χ1v) is 7.12. The molecule has 0 fully saturated rings. The number of amides is 1. The monoisotopic (exact) mass is 274 g/mol. The Morgan fingerprint density at radius 3 is 2.21 bits per heavy atom. The van der Waals surface area contributed by atoms with Gasteiger partial charge in [-0.25, -0.2) is 4.79 Å². The lowest BCUT2D eigenvalue weighted by molar-refractivity contribution is 0.0325. The van der Waals surface area contributed by atoms with Crippen molar-refractivity contribution in [1.82, 2.24) is 10.6 Å². The van der Waals surface area contributed by atoms with E-state index in [0.717, 1.165) is 25.8 Å². The number of nitrogens with one attached hydrogen (secondary N) is 2. The van der Waals surface area contributed by atoms with Gasteiger partial charge in [-0.1, -0.05) is 13.8 Å². The minimum absolute atomic E-state index is 0.383. The number of ether oxygens (including phenoxy) is 1. The third-order valence-corrected chi connectivity index (χ3v) is 2.97. The molecule has 0 rings (SSSR count). The molecule has 0 saturated carbocycles. The summed E-state index contributed by atoms with van der Waals surface area (Å²) in [7, 11) is 0. The van der Waals surface area contributed by atoms with Crippen molar-refractivity contribution in [2.75, 3.05) is 19.6 Å². The molecule has 0 radical (unpaired) electrons. The van der Waals surface area contributed by atoms with E-state index in [1.54, 1.807) is 0 Å². The molecule has 0 aliphatic heterocycles. The summed E-state index contributed by atoms with van der Waals surface area (Å²) < 4.78 is 5.12. The van der Waals surface area contributed by atoms with E-state index >= 15 is 0 Å². The van der Waals surface area contributed by atoms with E-state index in [4.69, 9.17) is 4.74 Å². The molecule has 0 spiro atoms. The zero-order valence-electron chi connectivity index (χ0n) is 13.0. The number of hydrogen-bond donors (Lipinski definition) is 3. The standard InChI is InChI=1S/C14H30N2O3/c1-6-14(18,7-2)11-15-9-8-10-16-12(17)19-13(3,4)5/h15,18H,6-11H2,1-5H3,(H,16,17). The number of carbonyl (C=O) groups excluding carboxylic acids is 1. The maximum absolute atomic E-state index is 11.3. The SMILES string of the molecule is CCC(O)(CC)CNCCCNC(=O)OC(C)(C)C. The Morgan fingerprint density at radius 1 is 1.16 bits per heavy atom. The molecule has 0 bridgehead atoms. The third kappa shape index (κ3) is 9.73. The number of hydrogen-bond acceptors (Lipinski definition) is 4. The van der Waals surface area contributed by atoms with Gasteiger partial charge in [0.2, 0.25) is 0 Å². The maximum Gasteiger partial charge on any atom is 0.407 e. The van der Waals surface area contributed by atoms with Crippen LogP contribution in [0.25, 0.3) is 0 Å². The molecule has 19 heavy (non-hydrogen) atoms. The van der Waals surface area contributed by atoms with Gasteiger partial charge in [0.05, 0.1) is 5.60 Å². The summed E-state index contributed by atoms with van der Waals surface area (Å²) in [6.07, 6.45) is 1.91. The molecule has 1 amide bonds. The zero-order chi connectivity index (χ0) is 14.9. The van der Waals surface area contributed by atoms with Crippen LogP contribution in [0, 0.1) is 0 Å². The van der Waals surface area contributed by atoms with Crippen LogP contribution in [-0.4, -0.2) is 42.0 Å². The second-order valence-electron chi connectivity index (χ2n) is 5.89. The lowest BCUT2D eigenvalue weighted by Crippen LogP contribution is -2.40. The van der Waals surface area contributed by atoms with E-state index in [1.165, 1.54) is 0 Å². The van der Waals surface area contributed by atoms with Crippen molar-refractivity contribution in [3.63, 3.8) is 0 Å². The molecule has 0 aliphatic carbocycles. The average Bonchev–Trinajstić information content (AvgIpc) is 2.31. The van der Waals surface area contributed by atoms with Gasteiger partial charge in [0.15, 0.2) is 0 Å². The Bertz CT molecular complexity index is 258. The fraction of sp³-hybridized carbons (Fsp3) is 0.929. The largest absolute Gasteiger partial charge is 0.444 e. The maximum atomic E-state index is 11.3. The summed E-state index contributed by atoms with van der Waals surface area (Å²) in [5.41, 5.74) is -1.07. The summed E-state index contributed by atoms with van der Waals surface area (Å²) >= 11 is 0. The first-order valence-electron chi connectivity index (χ1n) is 7.12. The first-order chi connectivity index (χ1) is 8.72. The van der Waals surface area contributed by atoms with E-state index in [9.17, 15) is 9.90 Å². The fourth-order valence-corrected chi connectivity index (χ4v) is 1.54. The van der Waals surface area contributed by atoms with Crippen LogP contribution in [-0.2, 0) is 4.74 Å². The summed E-state index contributed by atoms with van der Waals surface area (Å²) in [5, 5.41) is 16.0. The van der Waals surface area contributed by atoms with Gasteiger partial charge < -0.3 is 20.5 Å². The summed E-state index contributed by atoms with van der Waals surface area (Å²) in [6, 6.07) is 0. The number of carbonyl (C=O) groups is 1. The predicted octanol–water partition coefficient (Wildman–Crippen LogP) is 2.04. The molecule has 5 nitrogen and oxygen atoms in total. The molecule has 3 N–H and O–H groups in total. The van der Waals surface area contributed by atoms with Crippen LogP contribution >= 0.6 is 0 Å². The molecule has 0 aromatic heterocycles. The molecule has 0 aromatic rings. The second-order valence-corrected chi connectivity index (χ2v) is 5.89. The molecule has 0 aromatic carbocycles. The van der Waals surface area contributed by atoms with Crippen molar-refractivity contribution in [2.24, 2.45) is 0 Å². The van der Waals surface area contributed by atoms with Crippen molar-refractivity contribution in [3.05, 3.63) is 0 Å². The van der Waals surface area contributed by atoms with Crippen LogP contribution in [0.5, 0.6) is 0 Å². The Hall–Kier alpha value is -0.810. The molecule has 0 aliphatic rings. The zero-order valence-corrected chi connectivity index (χ0v) is 13.0. The van der Waals surface area contributed by atoms with Crippen LogP contribution in [0.3, 0.4) is 0 Å². The lowest BCUT2D eigenvalue weighted by atomic mass is 9.98. The van der Waals surface area contributed by atoms with E-state index < -0.39 is 11.2 Å². The topological polar surface area (TPSA) is 70.6 Å². The molecule has 0 unspecified atom stereocenters. The molecule has 0 atom stereocenters. The summed E-state index contributed by atoms with van der Waals surface area (Å²) in [4.78, 5) is 11.3. The van der Waals surface area contributed by atoms with Crippen molar-refractivity contribution in [1.29, 1.82) is 0 Å². The molecule has 5 heteroatoms. The molecule has 114 valence electrons. The smallest absolute Gasteiger partial charge is 0.407 e. The van der Waals surface area contributed by atoms with Crippen LogP contribution in [0.2, 0.25) is 0 Å². The highest BCUT2D eigenvalue weighted by Crippen LogP contribution is 2.12. The number of aliphatic hydroxyl groups is 1. The third-order valence-electron chi connectivity index (χ3n) is 2.97. The first kappa shape index (κ1) is 18.2. The van der Waals surface area contributed by atoms with E-state index in [-0.39, 0.29) is 6.09 Å². The van der Waals surface area contributed by atoms with Gasteiger partial charge in [0, 0.05) is 13.1 Å². The Balaban J connectivity index is 3.58. The van der Waals surface area contributed by atoms with Crippen molar-refractivity contribution in [3.8, 4) is 0 Å². The minimum atomic E-state index is -0.613. The normalized spacial score (nSPS) is 12.3. The van der Waals surface area contributed by atoms with Gasteiger partial charge in [-0.05, 0) is 46.6 Å². The van der Waals surface area contributed by atoms with Crippen LogP contribution in [0.4, 0.5) is 4.79 Å². The van der Waals surface area contributed by atoms with E-state index in [2.05, 4.69) is 10.6 Å². The Kier molecular flexibility index (Phi) is 8.02. The number of rotatable bonds is 8. The number of alkyl carbamates (subject to hydrolysis) is 1. The van der Waals surface area contributed by atoms with Crippen molar-refractivity contribution >= 4 is 6.09 Å². The molecular weight excluding hydrogens is 244 g/mol. The van der Waals surface area contributed by atoms with E-state index in [1.807, 2.05) is 34.6 Å². The van der Waals surface area contributed by atoms with Crippen LogP contribution in [0.15, 0.2) is 0 Å². The average molecular weight is 274 g/mol. The van der Waals surface area contributed by atoms with Gasteiger partial charge in [-0.15, -0.1) is 0 Å². The van der Waals surface area contributed by atoms with Gasteiger partial charge >= 0.3 is 6.09 Å². The quantitative estimate of drug-likeness (QED) is 0.592.